The molecule has 0 aliphatic heterocycles. The Morgan fingerprint density at radius 3 is 2.16 bits per heavy atom. The monoisotopic (exact) mass is 457 g/mol. The first kappa shape index (κ1) is 28.4. The molecule has 0 fully saturated rings. The van der Waals surface area contributed by atoms with Crippen LogP contribution in [0.4, 0.5) is 0 Å². The molecule has 2 aromatic rings. The maximum absolute atomic E-state index is 10.9. The van der Waals surface area contributed by atoms with Crippen LogP contribution in [0.15, 0.2) is 60.7 Å². The largest absolute Gasteiger partial charge is 1.00 e. The molecular weight excluding hydrogens is 414 g/mol. The first-order valence-corrected chi connectivity index (χ1v) is 12.2. The molecule has 0 amide bonds. The van der Waals surface area contributed by atoms with Crippen LogP contribution in [-0.2, 0) is 6.42 Å². The van der Waals surface area contributed by atoms with Gasteiger partial charge in [-0.2, -0.15) is 0 Å². The van der Waals surface area contributed by atoms with Crippen molar-refractivity contribution in [1.82, 2.24) is 0 Å². The van der Waals surface area contributed by atoms with E-state index in [9.17, 15) is 5.11 Å². The molecule has 0 aliphatic carbocycles. The van der Waals surface area contributed by atoms with Gasteiger partial charge in [-0.15, -0.1) is 0 Å². The molecule has 2 rings (SSSR count). The lowest BCUT2D eigenvalue weighted by Gasteiger charge is -2.33. The molecule has 0 spiro atoms. The number of aryl methyl sites for hydroxylation is 1. The van der Waals surface area contributed by atoms with Crippen molar-refractivity contribution in [1.29, 1.82) is 0 Å². The SMILES string of the molecule is CCCCCCCCc1ccc(C(O)C(C)C[N+](C)(C)CC=Cc2ccccc2)cc1.[Cl-]. The zero-order valence-corrected chi connectivity index (χ0v) is 21.4. The molecular formula is C29H44ClNO. The van der Waals surface area contributed by atoms with E-state index in [0.717, 1.165) is 29.6 Å². The first-order valence-electron chi connectivity index (χ1n) is 12.2. The molecule has 0 saturated heterocycles. The van der Waals surface area contributed by atoms with Crippen molar-refractivity contribution in [2.24, 2.45) is 5.92 Å². The van der Waals surface area contributed by atoms with Gasteiger partial charge in [0.1, 0.15) is 0 Å². The van der Waals surface area contributed by atoms with Crippen molar-refractivity contribution < 1.29 is 22.0 Å². The number of hydrogen-bond acceptors (Lipinski definition) is 1. The molecule has 0 radical (unpaired) electrons. The summed E-state index contributed by atoms with van der Waals surface area (Å²) in [4.78, 5) is 0. The second kappa shape index (κ2) is 15.3. The first-order chi connectivity index (χ1) is 14.9. The van der Waals surface area contributed by atoms with Gasteiger partial charge in [0.2, 0.25) is 0 Å². The maximum atomic E-state index is 10.9. The van der Waals surface area contributed by atoms with Crippen molar-refractivity contribution in [2.75, 3.05) is 27.2 Å². The topological polar surface area (TPSA) is 20.2 Å². The number of hydrogen-bond donors (Lipinski definition) is 1. The van der Waals surface area contributed by atoms with Crippen LogP contribution >= 0.6 is 0 Å². The fraction of sp³-hybridized carbons (Fsp3) is 0.517. The Labute approximate surface area is 203 Å². The normalized spacial score (nSPS) is 13.7. The number of halogens is 1. The number of benzene rings is 2. The number of quaternary nitrogens is 1. The summed E-state index contributed by atoms with van der Waals surface area (Å²) < 4.78 is 0.859. The highest BCUT2D eigenvalue weighted by molar-refractivity contribution is 5.48. The van der Waals surface area contributed by atoms with Gasteiger partial charge in [-0.3, -0.25) is 0 Å². The molecule has 2 aromatic carbocycles. The highest BCUT2D eigenvalue weighted by Crippen LogP contribution is 2.25. The third kappa shape index (κ3) is 10.8. The van der Waals surface area contributed by atoms with E-state index >= 15 is 0 Å². The van der Waals surface area contributed by atoms with Gasteiger partial charge in [-0.05, 0) is 35.6 Å². The Hall–Kier alpha value is -1.61. The fourth-order valence-electron chi connectivity index (χ4n) is 4.31. The van der Waals surface area contributed by atoms with Gasteiger partial charge in [-0.25, -0.2) is 0 Å². The molecule has 2 unspecified atom stereocenters. The van der Waals surface area contributed by atoms with E-state index in [1.54, 1.807) is 0 Å². The van der Waals surface area contributed by atoms with Crippen LogP contribution in [0.3, 0.4) is 0 Å². The van der Waals surface area contributed by atoms with Crippen molar-refractivity contribution in [3.63, 3.8) is 0 Å². The number of unbranched alkanes of at least 4 members (excludes halogenated alkanes) is 5. The maximum Gasteiger partial charge on any atom is 0.0972 e. The molecule has 0 aliphatic rings. The van der Waals surface area contributed by atoms with Crippen LogP contribution in [0.5, 0.6) is 0 Å². The summed E-state index contributed by atoms with van der Waals surface area (Å²) in [5.74, 6) is 0.199. The molecule has 3 heteroatoms. The smallest absolute Gasteiger partial charge is 0.0972 e. The Kier molecular flexibility index (Phi) is 13.6. The Morgan fingerprint density at radius 2 is 1.50 bits per heavy atom. The quantitative estimate of drug-likeness (QED) is 0.335. The third-order valence-corrected chi connectivity index (χ3v) is 6.17. The molecule has 32 heavy (non-hydrogen) atoms. The molecule has 178 valence electrons. The summed E-state index contributed by atoms with van der Waals surface area (Å²) in [5.41, 5.74) is 3.66. The molecule has 0 saturated carbocycles. The Morgan fingerprint density at radius 1 is 0.875 bits per heavy atom. The summed E-state index contributed by atoms with van der Waals surface area (Å²) in [6.45, 7) is 6.30. The van der Waals surface area contributed by atoms with E-state index in [4.69, 9.17) is 0 Å². The van der Waals surface area contributed by atoms with Gasteiger partial charge in [-0.1, -0.05) is 107 Å². The minimum Gasteiger partial charge on any atom is -1.00 e. The van der Waals surface area contributed by atoms with E-state index < -0.39 is 6.10 Å². The van der Waals surface area contributed by atoms with E-state index in [0.29, 0.717) is 0 Å². The molecule has 0 heterocycles. The van der Waals surface area contributed by atoms with Gasteiger partial charge < -0.3 is 22.0 Å². The number of nitrogens with zero attached hydrogens (tertiary/aromatic N) is 1. The molecule has 0 bridgehead atoms. The minimum atomic E-state index is -0.418. The van der Waals surface area contributed by atoms with Crippen LogP contribution in [0.2, 0.25) is 0 Å². The fourth-order valence-corrected chi connectivity index (χ4v) is 4.31. The molecule has 2 nitrogen and oxygen atoms in total. The summed E-state index contributed by atoms with van der Waals surface area (Å²) in [6, 6.07) is 19.1. The van der Waals surface area contributed by atoms with Gasteiger partial charge in [0, 0.05) is 5.92 Å². The highest BCUT2D eigenvalue weighted by atomic mass is 35.5. The average Bonchev–Trinajstić information content (AvgIpc) is 2.76. The summed E-state index contributed by atoms with van der Waals surface area (Å²) in [6.07, 6.45) is 13.2. The zero-order valence-electron chi connectivity index (χ0n) is 20.6. The van der Waals surface area contributed by atoms with Crippen LogP contribution in [0.25, 0.3) is 6.08 Å². The van der Waals surface area contributed by atoms with Gasteiger partial charge in [0.25, 0.3) is 0 Å². The number of likely N-dealkylation sites (N-methyl/N-ethyl adjacent to an activating group) is 1. The van der Waals surface area contributed by atoms with E-state index in [1.165, 1.54) is 49.7 Å². The minimum absolute atomic E-state index is 0. The van der Waals surface area contributed by atoms with Crippen LogP contribution in [-0.4, -0.2) is 36.8 Å². The summed E-state index contributed by atoms with van der Waals surface area (Å²) >= 11 is 0. The predicted octanol–water partition coefficient (Wildman–Crippen LogP) is 4.05. The predicted molar refractivity (Wildman–Crippen MR) is 135 cm³/mol. The van der Waals surface area contributed by atoms with Crippen molar-refractivity contribution in [3.8, 4) is 0 Å². The third-order valence-electron chi connectivity index (χ3n) is 6.17. The lowest BCUT2D eigenvalue weighted by atomic mass is 9.94. The number of aliphatic hydroxyl groups is 1. The second-order valence-electron chi connectivity index (χ2n) is 9.80. The molecule has 2 atom stereocenters. The Balaban J connectivity index is 0.00000512. The van der Waals surface area contributed by atoms with Crippen LogP contribution in [0.1, 0.15) is 75.2 Å². The lowest BCUT2D eigenvalue weighted by Crippen LogP contribution is -3.00. The number of aliphatic hydroxyl groups excluding tert-OH is 1. The van der Waals surface area contributed by atoms with Crippen molar-refractivity contribution in [2.45, 2.75) is 64.9 Å². The van der Waals surface area contributed by atoms with Gasteiger partial charge in [0.05, 0.1) is 33.3 Å². The van der Waals surface area contributed by atoms with E-state index in [1.807, 2.05) is 6.07 Å². The molecule has 0 aromatic heterocycles. The molecule has 1 N–H and O–H groups in total. The standard InChI is InChI=1S/C29H44NO.ClH/c1-5-6-7-8-9-11-17-27-19-21-28(22-20-27)29(31)25(2)24-30(3,4)23-14-18-26-15-12-10-13-16-26;/h10,12-16,18-22,25,29,31H,5-9,11,17,23-24H2,1-4H3;1H/q+1;/p-1. The van der Waals surface area contributed by atoms with Crippen LogP contribution < -0.4 is 12.4 Å². The Bertz CT molecular complexity index is 754. The average molecular weight is 458 g/mol. The highest BCUT2D eigenvalue weighted by Gasteiger charge is 2.24. The second-order valence-corrected chi connectivity index (χ2v) is 9.80. The summed E-state index contributed by atoms with van der Waals surface area (Å²) in [5, 5.41) is 10.9. The van der Waals surface area contributed by atoms with Crippen molar-refractivity contribution in [3.05, 3.63) is 77.4 Å². The van der Waals surface area contributed by atoms with E-state index in [2.05, 4.69) is 88.6 Å². The zero-order chi connectivity index (χ0) is 22.5. The van der Waals surface area contributed by atoms with E-state index in [-0.39, 0.29) is 18.3 Å². The van der Waals surface area contributed by atoms with Gasteiger partial charge >= 0.3 is 0 Å². The van der Waals surface area contributed by atoms with Crippen LogP contribution in [0, 0.1) is 5.92 Å². The summed E-state index contributed by atoms with van der Waals surface area (Å²) in [7, 11) is 4.48. The lowest BCUT2D eigenvalue weighted by molar-refractivity contribution is -0.888. The van der Waals surface area contributed by atoms with Crippen molar-refractivity contribution >= 4 is 6.08 Å². The number of rotatable bonds is 14. The van der Waals surface area contributed by atoms with Gasteiger partial charge in [0.15, 0.2) is 0 Å².